The molecule has 63 heavy (non-hydrogen) atoms. The third-order valence-electron chi connectivity index (χ3n) is 10.8. The van der Waals surface area contributed by atoms with Gasteiger partial charge in [0.25, 0.3) is 0 Å². The quantitative estimate of drug-likeness (QED) is 0.0375. The van der Waals surface area contributed by atoms with Crippen LogP contribution in [0.5, 0.6) is 63.2 Å². The number of aliphatic hydroxyl groups is 3. The van der Waals surface area contributed by atoms with Gasteiger partial charge in [-0.3, -0.25) is 0 Å². The second-order valence-corrected chi connectivity index (χ2v) is 14.9. The molecule has 0 fully saturated rings. The predicted molar refractivity (Wildman–Crippen MR) is 207 cm³/mol. The number of phenolic OH excluding ortho intramolecular Hbond substituents is 11. The van der Waals surface area contributed by atoms with Crippen molar-refractivity contribution in [1.29, 1.82) is 0 Å². The van der Waals surface area contributed by atoms with Crippen molar-refractivity contribution in [2.45, 2.75) is 56.0 Å². The molecular formula is C43H36F6O14. The Hall–Kier alpha value is -7.48. The van der Waals surface area contributed by atoms with E-state index in [1.807, 2.05) is 0 Å². The molecule has 6 rings (SSSR count). The second kappa shape index (κ2) is 16.1. The molecule has 5 aromatic carbocycles. The van der Waals surface area contributed by atoms with Crippen LogP contribution in [0.1, 0.15) is 56.5 Å². The van der Waals surface area contributed by atoms with E-state index in [1.54, 1.807) is 0 Å². The van der Waals surface area contributed by atoms with Crippen LogP contribution < -0.4 is 0 Å². The van der Waals surface area contributed by atoms with Gasteiger partial charge in [-0.05, 0) is 57.2 Å². The van der Waals surface area contributed by atoms with E-state index >= 15 is 26.3 Å². The molecule has 5 aromatic rings. The Labute approximate surface area is 350 Å². The number of benzene rings is 5. The number of rotatable bonds is 10. The SMILES string of the molecule is OC1=CC(O)=C(Cc2cc(C(c3cc(Cc4cc(O)c(O)cc4O)c(O)c(Cc4cc(O)c(O)cc4O)c3)(C(F)(F)F)C(F)(F)F)cc(Cc3cc(O)c(O)cc3O)c2O)CC1O. The highest BCUT2D eigenvalue weighted by molar-refractivity contribution is 5.61. The second-order valence-electron chi connectivity index (χ2n) is 14.9. The number of aromatic hydroxyl groups is 11. The van der Waals surface area contributed by atoms with E-state index in [-0.39, 0.29) is 5.57 Å². The Balaban J connectivity index is 1.71. The molecule has 0 aromatic heterocycles. The number of halogens is 6. The molecule has 0 saturated heterocycles. The lowest BCUT2D eigenvalue weighted by atomic mass is 9.70. The predicted octanol–water partition coefficient (Wildman–Crippen LogP) is 7.19. The van der Waals surface area contributed by atoms with Gasteiger partial charge in [-0.1, -0.05) is 24.3 Å². The number of hydrogen-bond donors (Lipinski definition) is 14. The molecule has 334 valence electrons. The molecule has 1 aliphatic carbocycles. The minimum Gasteiger partial charge on any atom is -0.509 e. The van der Waals surface area contributed by atoms with Crippen molar-refractivity contribution < 1.29 is 97.8 Å². The van der Waals surface area contributed by atoms with Crippen molar-refractivity contribution in [2.75, 3.05) is 0 Å². The van der Waals surface area contributed by atoms with Crippen LogP contribution in [0.25, 0.3) is 0 Å². The molecule has 14 N–H and O–H groups in total. The summed E-state index contributed by atoms with van der Waals surface area (Å²) in [7, 11) is 0. The van der Waals surface area contributed by atoms with Gasteiger partial charge in [-0.2, -0.15) is 26.3 Å². The summed E-state index contributed by atoms with van der Waals surface area (Å²) in [6.07, 6.45) is -18.0. The fourth-order valence-electron chi connectivity index (χ4n) is 7.52. The van der Waals surface area contributed by atoms with Gasteiger partial charge in [0, 0.05) is 73.1 Å². The monoisotopic (exact) mass is 890 g/mol. The lowest BCUT2D eigenvalue weighted by Gasteiger charge is -2.39. The molecule has 0 radical (unpaired) electrons. The molecule has 0 aliphatic heterocycles. The first-order valence-electron chi connectivity index (χ1n) is 18.3. The summed E-state index contributed by atoms with van der Waals surface area (Å²) in [5.74, 6) is -11.1. The van der Waals surface area contributed by atoms with E-state index in [2.05, 4.69) is 0 Å². The van der Waals surface area contributed by atoms with E-state index in [0.717, 1.165) is 18.2 Å². The molecule has 1 aliphatic rings. The molecular weight excluding hydrogens is 854 g/mol. The first-order valence-corrected chi connectivity index (χ1v) is 18.3. The summed E-state index contributed by atoms with van der Waals surface area (Å²) in [5, 5.41) is 145. The lowest BCUT2D eigenvalue weighted by molar-refractivity contribution is -0.288. The molecule has 0 saturated carbocycles. The van der Waals surface area contributed by atoms with E-state index in [9.17, 15) is 71.5 Å². The zero-order chi connectivity index (χ0) is 46.7. The van der Waals surface area contributed by atoms with Crippen LogP contribution in [0.4, 0.5) is 26.3 Å². The third-order valence-corrected chi connectivity index (χ3v) is 10.8. The Morgan fingerprint density at radius 3 is 1.02 bits per heavy atom. The average molecular weight is 891 g/mol. The summed E-state index contributed by atoms with van der Waals surface area (Å²) in [6, 6.07) is 5.22. The topological polar surface area (TPSA) is 283 Å². The van der Waals surface area contributed by atoms with Gasteiger partial charge in [0.2, 0.25) is 5.41 Å². The smallest absolute Gasteiger partial charge is 0.411 e. The standard InChI is InChI=1S/C43H36F6O14/c44-42(45,46)41(43(47,48)49,25-5-21(1-17-9-31(54)35(58)13-27(17)50)39(62)22(6-25)2-18-10-32(55)36(59)14-28(18)51)26-7-23(3-19-11-33(56)37(60)15-29(19)52)40(63)24(8-26)4-20-12-34(57)38(61)16-30(20)53/h5-11,13-16,34,50-63H,1-4,12H2. The summed E-state index contributed by atoms with van der Waals surface area (Å²) in [5.41, 5.74) is -13.0. The van der Waals surface area contributed by atoms with Crippen LogP contribution in [0, 0.1) is 0 Å². The van der Waals surface area contributed by atoms with Crippen molar-refractivity contribution in [1.82, 2.24) is 0 Å². The zero-order valence-corrected chi connectivity index (χ0v) is 32.0. The van der Waals surface area contributed by atoms with Crippen molar-refractivity contribution in [3.63, 3.8) is 0 Å². The van der Waals surface area contributed by atoms with Gasteiger partial charge in [-0.15, -0.1) is 0 Å². The summed E-state index contributed by atoms with van der Waals surface area (Å²) in [6.45, 7) is 0. The van der Waals surface area contributed by atoms with Crippen molar-refractivity contribution >= 4 is 0 Å². The maximum atomic E-state index is 16.1. The van der Waals surface area contributed by atoms with E-state index in [4.69, 9.17) is 0 Å². The van der Waals surface area contributed by atoms with Crippen LogP contribution in [-0.2, 0) is 31.1 Å². The highest BCUT2D eigenvalue weighted by Crippen LogP contribution is 2.58. The Bertz CT molecular complexity index is 2610. The van der Waals surface area contributed by atoms with E-state index in [0.29, 0.717) is 48.5 Å². The number of hydrogen-bond acceptors (Lipinski definition) is 14. The Morgan fingerprint density at radius 2 is 0.698 bits per heavy atom. The minimum absolute atomic E-state index is 0.267. The minimum atomic E-state index is -6.42. The van der Waals surface area contributed by atoms with E-state index in [1.165, 1.54) is 0 Å². The highest BCUT2D eigenvalue weighted by atomic mass is 19.4. The third kappa shape index (κ3) is 8.31. The Morgan fingerprint density at radius 1 is 0.397 bits per heavy atom. The largest absolute Gasteiger partial charge is 0.509 e. The summed E-state index contributed by atoms with van der Waals surface area (Å²) >= 11 is 0. The maximum absolute atomic E-state index is 16.1. The van der Waals surface area contributed by atoms with Gasteiger partial charge in [0.1, 0.15) is 46.4 Å². The maximum Gasteiger partial charge on any atom is 0.411 e. The molecule has 1 atom stereocenters. The number of aliphatic hydroxyl groups excluding tert-OH is 3. The van der Waals surface area contributed by atoms with Crippen LogP contribution in [0.2, 0.25) is 0 Å². The number of phenols is 11. The van der Waals surface area contributed by atoms with Crippen molar-refractivity contribution in [3.8, 4) is 63.2 Å². The van der Waals surface area contributed by atoms with Gasteiger partial charge in [-0.25, -0.2) is 0 Å². The van der Waals surface area contributed by atoms with Crippen LogP contribution in [0.3, 0.4) is 0 Å². The number of alkyl halides is 6. The zero-order valence-electron chi connectivity index (χ0n) is 32.0. The summed E-state index contributed by atoms with van der Waals surface area (Å²) in [4.78, 5) is 0. The van der Waals surface area contributed by atoms with Gasteiger partial charge < -0.3 is 71.5 Å². The molecule has 0 heterocycles. The first kappa shape index (κ1) is 45.1. The first-order chi connectivity index (χ1) is 29.2. The Kier molecular flexibility index (Phi) is 11.5. The van der Waals surface area contributed by atoms with Crippen molar-refractivity contribution in [2.24, 2.45) is 0 Å². The van der Waals surface area contributed by atoms with E-state index < -0.39 is 181 Å². The molecule has 0 bridgehead atoms. The summed E-state index contributed by atoms with van der Waals surface area (Å²) < 4.78 is 96.5. The molecule has 1 unspecified atom stereocenters. The fraction of sp³-hybridized carbons (Fsp3) is 0.209. The fourth-order valence-corrected chi connectivity index (χ4v) is 7.52. The molecule has 0 spiro atoms. The normalized spacial score (nSPS) is 14.8. The van der Waals surface area contributed by atoms with Crippen LogP contribution in [0.15, 0.2) is 83.8 Å². The highest BCUT2D eigenvalue weighted by Gasteiger charge is 2.73. The molecule has 20 heteroatoms. The number of allylic oxidation sites excluding steroid dienone is 1. The van der Waals surface area contributed by atoms with Crippen LogP contribution >= 0.6 is 0 Å². The van der Waals surface area contributed by atoms with Gasteiger partial charge in [0.15, 0.2) is 34.5 Å². The van der Waals surface area contributed by atoms with Crippen molar-refractivity contribution in [3.05, 3.63) is 134 Å². The van der Waals surface area contributed by atoms with Gasteiger partial charge in [0.05, 0.1) is 0 Å². The molecule has 14 nitrogen and oxygen atoms in total. The van der Waals surface area contributed by atoms with Crippen LogP contribution in [-0.4, -0.2) is 89.9 Å². The average Bonchev–Trinajstić information content (AvgIpc) is 3.16. The van der Waals surface area contributed by atoms with Gasteiger partial charge >= 0.3 is 12.4 Å². The molecule has 0 amide bonds. The lowest BCUT2D eigenvalue weighted by Crippen LogP contribution is -2.55.